The van der Waals surface area contributed by atoms with Crippen LogP contribution in [0.5, 0.6) is 0 Å². The van der Waals surface area contributed by atoms with E-state index in [1.807, 2.05) is 12.1 Å². The summed E-state index contributed by atoms with van der Waals surface area (Å²) in [4.78, 5) is 62.8. The lowest BCUT2D eigenvalue weighted by atomic mass is 9.85. The van der Waals surface area contributed by atoms with Gasteiger partial charge in [-0.2, -0.15) is 13.9 Å². The highest BCUT2D eigenvalue weighted by Gasteiger charge is 2.46. The molecule has 5 N–H and O–H groups in total. The predicted molar refractivity (Wildman–Crippen MR) is 269 cm³/mol. The molecule has 0 aliphatic carbocycles. The molecule has 3 saturated heterocycles. The first-order chi connectivity index (χ1) is 36.2. The Bertz CT molecular complexity index is 2700. The lowest BCUT2D eigenvalue weighted by Crippen LogP contribution is -2.62. The Kier molecular flexibility index (Phi) is 18.6. The largest absolute Gasteiger partial charge is 0.453 e. The first-order valence-electron chi connectivity index (χ1n) is 24.9. The van der Waals surface area contributed by atoms with Crippen LogP contribution in [-0.4, -0.2) is 157 Å². The Morgan fingerprint density at radius 2 is 1.54 bits per heavy atom. The van der Waals surface area contributed by atoms with Gasteiger partial charge in [-0.3, -0.25) is 28.7 Å². The van der Waals surface area contributed by atoms with Gasteiger partial charge in [0.05, 0.1) is 58.1 Å². The van der Waals surface area contributed by atoms with E-state index in [1.54, 1.807) is 30.5 Å². The van der Waals surface area contributed by atoms with Crippen molar-refractivity contribution in [3.8, 4) is 23.0 Å². The van der Waals surface area contributed by atoms with E-state index >= 15 is 4.39 Å². The summed E-state index contributed by atoms with van der Waals surface area (Å²) in [5.41, 5.74) is 1.62. The fourth-order valence-corrected chi connectivity index (χ4v) is 9.48. The van der Waals surface area contributed by atoms with Crippen molar-refractivity contribution in [1.82, 2.24) is 46.0 Å². The second-order valence-corrected chi connectivity index (χ2v) is 20.7. The summed E-state index contributed by atoms with van der Waals surface area (Å²) in [6.07, 6.45) is 0.593. The molecule has 6 atom stereocenters. The number of alkyl carbamates (subject to hydrolysis) is 2. The number of anilines is 1. The Hall–Kier alpha value is -6.87. The van der Waals surface area contributed by atoms with E-state index in [4.69, 9.17) is 19.2 Å². The number of aromatic nitrogens is 3. The second-order valence-electron chi connectivity index (χ2n) is 20.7. The van der Waals surface area contributed by atoms with Crippen LogP contribution >= 0.6 is 0 Å². The number of aliphatic hydroxyl groups excluding tert-OH is 1. The number of nitrogens with one attached hydrogen (secondary N) is 4. The van der Waals surface area contributed by atoms with E-state index in [-0.39, 0.29) is 23.1 Å². The van der Waals surface area contributed by atoms with Crippen molar-refractivity contribution in [1.29, 1.82) is 0 Å². The molecule has 2 aromatic heterocycles. The number of benzene rings is 2. The second kappa shape index (κ2) is 24.9. The highest BCUT2D eigenvalue weighted by Crippen LogP contribution is 2.36. The van der Waals surface area contributed by atoms with Crippen molar-refractivity contribution in [2.24, 2.45) is 10.8 Å². The van der Waals surface area contributed by atoms with E-state index in [1.165, 1.54) is 46.9 Å². The third-order valence-electron chi connectivity index (χ3n) is 14.0. The molecule has 0 radical (unpaired) electrons. The van der Waals surface area contributed by atoms with E-state index in [0.29, 0.717) is 39.5 Å². The Balaban J connectivity index is 1.13. The zero-order valence-electron chi connectivity index (χ0n) is 43.2. The van der Waals surface area contributed by atoms with Gasteiger partial charge in [-0.15, -0.1) is 0 Å². The van der Waals surface area contributed by atoms with Gasteiger partial charge in [-0.05, 0) is 60.7 Å². The van der Waals surface area contributed by atoms with Crippen LogP contribution in [0.25, 0.3) is 11.1 Å². The molecule has 18 nitrogen and oxygen atoms in total. The van der Waals surface area contributed by atoms with Crippen LogP contribution in [0.15, 0.2) is 73.2 Å². The minimum atomic E-state index is -2.94. The average Bonchev–Trinajstić information content (AvgIpc) is 3.98. The highest BCUT2D eigenvalue weighted by atomic mass is 19.3. The molecule has 0 unspecified atom stereocenters. The predicted octanol–water partition coefficient (Wildman–Crippen LogP) is 5.29. The van der Waals surface area contributed by atoms with Crippen molar-refractivity contribution in [3.05, 3.63) is 101 Å². The maximum atomic E-state index is 16.0. The summed E-state index contributed by atoms with van der Waals surface area (Å²) in [7, 11) is 2.30. The molecule has 3 aliphatic rings. The van der Waals surface area contributed by atoms with Gasteiger partial charge >= 0.3 is 18.7 Å². The smallest absolute Gasteiger partial charge is 0.407 e. The molecule has 23 heteroatoms. The maximum absolute atomic E-state index is 16.0. The van der Waals surface area contributed by atoms with E-state index < -0.39 is 97.9 Å². The molecule has 0 spiro atoms. The number of alkyl halides is 4. The molecule has 4 amide bonds. The summed E-state index contributed by atoms with van der Waals surface area (Å²) in [5.74, 6) is 4.36. The lowest BCUT2D eigenvalue weighted by Gasteiger charge is -2.47. The number of amides is 4. The quantitative estimate of drug-likeness (QED) is 0.0410. The Labute approximate surface area is 438 Å². The fraction of sp³-hybridized carbons (Fsp3) is 0.509. The minimum absolute atomic E-state index is 0.0810. The molecule has 7 rings (SSSR count). The summed E-state index contributed by atoms with van der Waals surface area (Å²) in [5, 5.41) is 24.2. The number of hydrogen-bond donors (Lipinski definition) is 5. The number of rotatable bonds is 21. The van der Waals surface area contributed by atoms with E-state index in [2.05, 4.69) is 48.1 Å². The van der Waals surface area contributed by atoms with Crippen molar-refractivity contribution < 1.29 is 60.4 Å². The number of carbonyl (C=O) groups excluding carboxylic acids is 4. The summed E-state index contributed by atoms with van der Waals surface area (Å²) < 4.78 is 87.4. The third-order valence-corrected chi connectivity index (χ3v) is 14.0. The molecule has 2 bridgehead atoms. The first-order valence-corrected chi connectivity index (χ1v) is 24.9. The number of hydrogen-bond acceptors (Lipinski definition) is 13. The molecular weight excluding hydrogens is 1000 g/mol. The number of halogens is 5. The lowest BCUT2D eigenvalue weighted by molar-refractivity contribution is -0.143. The average molecular weight is 1070 g/mol. The molecule has 3 fully saturated rings. The molecule has 3 aliphatic heterocycles. The monoisotopic (exact) mass is 1060 g/mol. The van der Waals surface area contributed by atoms with Crippen LogP contribution in [0.1, 0.15) is 69.3 Å². The SMILES string of the molecule is CNC(=O)O[C@H](C(=O)NN(Cc1ccc(-c2cnn(C(F)F)c2)cc1F)C[C@H](O)[C@H](Cc1ccc(C#Cc2ccc(N3C[C@@H]4CC[C@@H](C3)N4C3COC3)nc2)cc1)NC(=O)[C@@H](NC(=O)OC)C(C)(C)CF)C(C)(C)CF. The number of nitrogens with zero attached hydrogens (tertiary/aromatic N) is 6. The standard InChI is InChI=1S/C53H65F5N10O8/c1-52(2,30-54)45(63-51(73)74-6)47(70)62-42(19-33-10-7-32(8-11-33)9-12-34-13-18-44(60-21-34)65-25-38-16-17-39(26-65)68(38)40-28-75-29-40)43(69)27-66(64-48(71)46(53(3,4)31-55)76-50(72)59-5)23-36-15-14-35(20-41(36)56)37-22-61-67(24-37)49(57)58/h7-8,10-11,13-15,18,20-22,24,38-40,42-43,45-46,49,69H,16-17,19,23,25-31H2,1-6H3,(H,59,72)(H,62,70)(H,63,73)(H,64,71)/t38-,39-,42-,43-,45+,46+/m0/s1. The fourth-order valence-electron chi connectivity index (χ4n) is 9.48. The number of ether oxygens (including phenoxy) is 3. The van der Waals surface area contributed by atoms with Gasteiger partial charge in [0, 0.05) is 90.8 Å². The normalized spacial score (nSPS) is 18.4. The van der Waals surface area contributed by atoms with Gasteiger partial charge in [0.2, 0.25) is 5.91 Å². The van der Waals surface area contributed by atoms with Crippen LogP contribution in [0.2, 0.25) is 0 Å². The molecule has 2 aromatic carbocycles. The molecule has 0 saturated carbocycles. The molecule has 410 valence electrons. The maximum Gasteiger partial charge on any atom is 0.407 e. The van der Waals surface area contributed by atoms with Crippen molar-refractivity contribution in [3.63, 3.8) is 0 Å². The third kappa shape index (κ3) is 13.9. The van der Waals surface area contributed by atoms with Gasteiger partial charge in [0.15, 0.2) is 6.10 Å². The summed E-state index contributed by atoms with van der Waals surface area (Å²) >= 11 is 0. The zero-order valence-corrected chi connectivity index (χ0v) is 43.2. The number of pyridine rings is 1. The number of hydrazine groups is 1. The van der Waals surface area contributed by atoms with Gasteiger partial charge < -0.3 is 40.2 Å². The number of aliphatic hydroxyl groups is 1. The Morgan fingerprint density at radius 1 is 0.868 bits per heavy atom. The number of fused-ring (bicyclic) bond motifs is 2. The van der Waals surface area contributed by atoms with Gasteiger partial charge in [-0.1, -0.05) is 63.8 Å². The minimum Gasteiger partial charge on any atom is -0.453 e. The Morgan fingerprint density at radius 3 is 2.11 bits per heavy atom. The highest BCUT2D eigenvalue weighted by molar-refractivity contribution is 5.87. The summed E-state index contributed by atoms with van der Waals surface area (Å²) in [6.45, 7) is 2.65. The van der Waals surface area contributed by atoms with E-state index in [9.17, 15) is 41.8 Å². The summed E-state index contributed by atoms with van der Waals surface area (Å²) in [6, 6.07) is 13.3. The van der Waals surface area contributed by atoms with Crippen LogP contribution in [0.4, 0.5) is 37.4 Å². The molecular formula is C53H65F5N10O8. The van der Waals surface area contributed by atoms with Crippen molar-refractivity contribution in [2.45, 2.75) is 102 Å². The van der Waals surface area contributed by atoms with Gasteiger partial charge in [-0.25, -0.2) is 28.7 Å². The first kappa shape index (κ1) is 56.8. The van der Waals surface area contributed by atoms with Gasteiger partial charge in [0.1, 0.15) is 17.7 Å². The molecule has 5 heterocycles. The zero-order chi connectivity index (χ0) is 54.9. The number of methoxy groups -OCH3 is 1. The van der Waals surface area contributed by atoms with Crippen molar-refractivity contribution in [2.75, 3.05) is 65.3 Å². The molecule has 76 heavy (non-hydrogen) atoms. The van der Waals surface area contributed by atoms with Crippen LogP contribution < -0.4 is 26.3 Å². The van der Waals surface area contributed by atoms with E-state index in [0.717, 1.165) is 75.5 Å². The van der Waals surface area contributed by atoms with Crippen LogP contribution in [0.3, 0.4) is 0 Å². The van der Waals surface area contributed by atoms with Gasteiger partial charge in [0.25, 0.3) is 5.91 Å². The topological polar surface area (TPSA) is 205 Å². The molecule has 4 aromatic rings. The van der Waals surface area contributed by atoms with Crippen molar-refractivity contribution >= 4 is 29.8 Å². The van der Waals surface area contributed by atoms with Crippen LogP contribution in [0, 0.1) is 28.5 Å². The number of piperazine rings is 1. The number of carbonyl (C=O) groups is 4. The van der Waals surface area contributed by atoms with Crippen LogP contribution in [-0.2, 0) is 36.8 Å².